The van der Waals surface area contributed by atoms with Crippen LogP contribution in [0.5, 0.6) is 0 Å². The van der Waals surface area contributed by atoms with E-state index < -0.39 is 0 Å². The molecule has 1 aliphatic heterocycles. The quantitative estimate of drug-likeness (QED) is 0.746. The van der Waals surface area contributed by atoms with Crippen molar-refractivity contribution in [1.29, 1.82) is 0 Å². The van der Waals surface area contributed by atoms with Crippen LogP contribution in [0.2, 0.25) is 0 Å². The summed E-state index contributed by atoms with van der Waals surface area (Å²) in [5.41, 5.74) is 2.55. The molecule has 2 unspecified atom stereocenters. The molecule has 1 aliphatic rings. The molecule has 0 aromatic heterocycles. The second-order valence-electron chi connectivity index (χ2n) is 6.39. The lowest BCUT2D eigenvalue weighted by Gasteiger charge is -2.37. The molecule has 3 nitrogen and oxygen atoms in total. The van der Waals surface area contributed by atoms with Gasteiger partial charge in [-0.1, -0.05) is 60.7 Å². The molecule has 0 radical (unpaired) electrons. The Morgan fingerprint density at radius 3 is 2.36 bits per heavy atom. The summed E-state index contributed by atoms with van der Waals surface area (Å²) >= 11 is 0. The lowest BCUT2D eigenvalue weighted by molar-refractivity contribution is -0.150. The summed E-state index contributed by atoms with van der Waals surface area (Å²) in [5.74, 6) is 0.104. The van der Waals surface area contributed by atoms with Crippen molar-refractivity contribution in [3.8, 4) is 0 Å². The Labute approximate surface area is 156 Å². The molecular weight excluding hydrogens is 334 g/mol. The summed E-state index contributed by atoms with van der Waals surface area (Å²) < 4.78 is 5.33. The van der Waals surface area contributed by atoms with Crippen LogP contribution in [0.3, 0.4) is 0 Å². The molecule has 2 aromatic carbocycles. The summed E-state index contributed by atoms with van der Waals surface area (Å²) in [7, 11) is 0. The Hall–Kier alpha value is -1.84. The molecule has 25 heavy (non-hydrogen) atoms. The Morgan fingerprint density at radius 1 is 1.08 bits per heavy atom. The van der Waals surface area contributed by atoms with E-state index in [1.165, 1.54) is 11.1 Å². The maximum Gasteiger partial charge on any atom is 0.309 e. The van der Waals surface area contributed by atoms with Gasteiger partial charge < -0.3 is 4.74 Å². The van der Waals surface area contributed by atoms with Crippen molar-refractivity contribution in [1.82, 2.24) is 4.90 Å². The third kappa shape index (κ3) is 5.07. The van der Waals surface area contributed by atoms with Crippen LogP contribution >= 0.6 is 12.4 Å². The van der Waals surface area contributed by atoms with Gasteiger partial charge in [-0.15, -0.1) is 12.4 Å². The number of carbonyl (C=O) groups is 1. The van der Waals surface area contributed by atoms with Gasteiger partial charge in [-0.25, -0.2) is 0 Å². The van der Waals surface area contributed by atoms with E-state index >= 15 is 0 Å². The fraction of sp³-hybridized carbons (Fsp3) is 0.381. The van der Waals surface area contributed by atoms with Crippen molar-refractivity contribution in [2.24, 2.45) is 5.92 Å². The molecule has 1 fully saturated rings. The number of hydrogen-bond donors (Lipinski definition) is 0. The molecule has 1 heterocycles. The zero-order chi connectivity index (χ0) is 16.8. The number of ether oxygens (including phenoxy) is 1. The van der Waals surface area contributed by atoms with Crippen LogP contribution < -0.4 is 0 Å². The van der Waals surface area contributed by atoms with Crippen molar-refractivity contribution >= 4 is 18.4 Å². The predicted octanol–water partition coefficient (Wildman–Crippen LogP) is 4.28. The maximum atomic E-state index is 12.4. The average Bonchev–Trinajstić information content (AvgIpc) is 2.63. The van der Waals surface area contributed by atoms with Crippen molar-refractivity contribution in [2.75, 3.05) is 19.7 Å². The first kappa shape index (κ1) is 19.5. The molecule has 2 aromatic rings. The SMILES string of the molecule is CCOC(=O)C1CCN(Cc2ccccc2)CC1c1ccccc1.Cl. The first-order valence-corrected chi connectivity index (χ1v) is 8.75. The molecule has 134 valence electrons. The van der Waals surface area contributed by atoms with Gasteiger partial charge in [-0.2, -0.15) is 0 Å². The van der Waals surface area contributed by atoms with Gasteiger partial charge in [0.05, 0.1) is 12.5 Å². The van der Waals surface area contributed by atoms with Crippen molar-refractivity contribution in [2.45, 2.75) is 25.8 Å². The lowest BCUT2D eigenvalue weighted by Crippen LogP contribution is -2.42. The van der Waals surface area contributed by atoms with E-state index in [0.29, 0.717) is 6.61 Å². The van der Waals surface area contributed by atoms with Crippen LogP contribution in [-0.2, 0) is 16.1 Å². The fourth-order valence-electron chi connectivity index (χ4n) is 3.57. The number of esters is 1. The predicted molar refractivity (Wildman–Crippen MR) is 103 cm³/mol. The lowest BCUT2D eigenvalue weighted by atomic mass is 9.80. The number of hydrogen-bond acceptors (Lipinski definition) is 3. The third-order valence-electron chi connectivity index (χ3n) is 4.76. The summed E-state index contributed by atoms with van der Waals surface area (Å²) in [5, 5.41) is 0. The summed E-state index contributed by atoms with van der Waals surface area (Å²) in [4.78, 5) is 14.9. The number of piperidine rings is 1. The van der Waals surface area contributed by atoms with E-state index in [-0.39, 0.29) is 30.2 Å². The van der Waals surface area contributed by atoms with Gasteiger partial charge in [-0.05, 0) is 31.0 Å². The zero-order valence-electron chi connectivity index (χ0n) is 14.6. The minimum Gasteiger partial charge on any atom is -0.466 e. The average molecular weight is 360 g/mol. The molecule has 0 bridgehead atoms. The Bertz CT molecular complexity index is 647. The van der Waals surface area contributed by atoms with Gasteiger partial charge >= 0.3 is 5.97 Å². The maximum absolute atomic E-state index is 12.4. The zero-order valence-corrected chi connectivity index (χ0v) is 15.5. The first-order chi connectivity index (χ1) is 11.8. The number of benzene rings is 2. The number of nitrogens with zero attached hydrogens (tertiary/aromatic N) is 1. The van der Waals surface area contributed by atoms with Gasteiger partial charge in [0.25, 0.3) is 0 Å². The molecule has 0 spiro atoms. The summed E-state index contributed by atoms with van der Waals surface area (Å²) in [6.07, 6.45) is 0.852. The fourth-order valence-corrected chi connectivity index (χ4v) is 3.57. The van der Waals surface area contributed by atoms with Gasteiger partial charge in [0.15, 0.2) is 0 Å². The van der Waals surface area contributed by atoms with Crippen LogP contribution in [0.15, 0.2) is 60.7 Å². The number of rotatable bonds is 5. The normalized spacial score (nSPS) is 20.5. The Morgan fingerprint density at radius 2 is 1.72 bits per heavy atom. The molecule has 1 saturated heterocycles. The van der Waals surface area contributed by atoms with Crippen molar-refractivity contribution in [3.63, 3.8) is 0 Å². The smallest absolute Gasteiger partial charge is 0.309 e. The van der Waals surface area contributed by atoms with Gasteiger partial charge in [0.1, 0.15) is 0 Å². The van der Waals surface area contributed by atoms with Crippen LogP contribution in [0.4, 0.5) is 0 Å². The van der Waals surface area contributed by atoms with Gasteiger partial charge in [0, 0.05) is 19.0 Å². The highest BCUT2D eigenvalue weighted by Gasteiger charge is 2.35. The Balaban J connectivity index is 0.00000225. The van der Waals surface area contributed by atoms with Crippen LogP contribution in [0, 0.1) is 5.92 Å². The van der Waals surface area contributed by atoms with E-state index in [1.54, 1.807) is 0 Å². The van der Waals surface area contributed by atoms with Crippen LogP contribution in [0.1, 0.15) is 30.4 Å². The molecule has 2 atom stereocenters. The minimum atomic E-state index is -0.0503. The highest BCUT2D eigenvalue weighted by Crippen LogP contribution is 2.34. The third-order valence-corrected chi connectivity index (χ3v) is 4.76. The molecule has 0 saturated carbocycles. The molecule has 3 rings (SSSR count). The largest absolute Gasteiger partial charge is 0.466 e. The van der Waals surface area contributed by atoms with E-state index in [9.17, 15) is 4.79 Å². The monoisotopic (exact) mass is 359 g/mol. The number of likely N-dealkylation sites (tertiary alicyclic amines) is 1. The van der Waals surface area contributed by atoms with Crippen LogP contribution in [-0.4, -0.2) is 30.6 Å². The second kappa shape index (κ2) is 9.59. The molecular formula is C21H26ClNO2. The highest BCUT2D eigenvalue weighted by atomic mass is 35.5. The first-order valence-electron chi connectivity index (χ1n) is 8.75. The van der Waals surface area contributed by atoms with E-state index in [0.717, 1.165) is 26.1 Å². The minimum absolute atomic E-state index is 0. The molecule has 0 aliphatic carbocycles. The van der Waals surface area contributed by atoms with E-state index in [2.05, 4.69) is 41.3 Å². The molecule has 4 heteroatoms. The Kier molecular flexibility index (Phi) is 7.48. The number of carbonyl (C=O) groups excluding carboxylic acids is 1. The second-order valence-corrected chi connectivity index (χ2v) is 6.39. The molecule has 0 amide bonds. The topological polar surface area (TPSA) is 29.5 Å². The van der Waals surface area contributed by atoms with Crippen molar-refractivity contribution in [3.05, 3.63) is 71.8 Å². The summed E-state index contributed by atoms with van der Waals surface area (Å²) in [6.45, 7) is 5.08. The highest BCUT2D eigenvalue weighted by molar-refractivity contribution is 5.85. The molecule has 0 N–H and O–H groups in total. The van der Waals surface area contributed by atoms with Gasteiger partial charge in [-0.3, -0.25) is 9.69 Å². The van der Waals surface area contributed by atoms with E-state index in [1.807, 2.05) is 31.2 Å². The van der Waals surface area contributed by atoms with Crippen molar-refractivity contribution < 1.29 is 9.53 Å². The van der Waals surface area contributed by atoms with Gasteiger partial charge in [0.2, 0.25) is 0 Å². The number of halogens is 1. The van der Waals surface area contributed by atoms with Crippen LogP contribution in [0.25, 0.3) is 0 Å². The standard InChI is InChI=1S/C21H25NO2.ClH/c1-2-24-21(23)19-13-14-22(15-17-9-5-3-6-10-17)16-20(19)18-11-7-4-8-12-18;/h3-12,19-20H,2,13-16H2,1H3;1H. The summed E-state index contributed by atoms with van der Waals surface area (Å²) in [6, 6.07) is 20.9. The van der Waals surface area contributed by atoms with E-state index in [4.69, 9.17) is 4.74 Å².